The first-order chi connectivity index (χ1) is 10.1. The molecule has 0 saturated heterocycles. The Morgan fingerprint density at radius 3 is 2.52 bits per heavy atom. The number of carboxylic acid groups (broad SMARTS) is 1. The zero-order valence-electron chi connectivity index (χ0n) is 11.0. The Hall–Kier alpha value is -2.08. The molecule has 0 aliphatic heterocycles. The summed E-state index contributed by atoms with van der Waals surface area (Å²) in [5.74, 6) is -0.906. The summed E-state index contributed by atoms with van der Waals surface area (Å²) in [6.45, 7) is 0. The van der Waals surface area contributed by atoms with Gasteiger partial charge in [0.2, 0.25) is 0 Å². The van der Waals surface area contributed by atoms with Crippen molar-refractivity contribution >= 4 is 50.7 Å². The highest BCUT2D eigenvalue weighted by molar-refractivity contribution is 14.1. The molecule has 3 nitrogen and oxygen atoms in total. The lowest BCUT2D eigenvalue weighted by Gasteiger charge is -2.11. The second kappa shape index (κ2) is 5.73. The van der Waals surface area contributed by atoms with Crippen LogP contribution in [-0.2, 0) is 0 Å². The summed E-state index contributed by atoms with van der Waals surface area (Å²) in [5, 5.41) is 14.7. The Morgan fingerprint density at radius 2 is 1.76 bits per heavy atom. The van der Waals surface area contributed by atoms with Crippen LogP contribution in [0.4, 0.5) is 11.4 Å². The van der Waals surface area contributed by atoms with E-state index in [0.29, 0.717) is 9.13 Å². The van der Waals surface area contributed by atoms with Gasteiger partial charge in [0.15, 0.2) is 0 Å². The summed E-state index contributed by atoms with van der Waals surface area (Å²) >= 11 is 2.04. The second-order valence-electron chi connectivity index (χ2n) is 4.65. The van der Waals surface area contributed by atoms with Gasteiger partial charge < -0.3 is 10.4 Å². The molecule has 3 aromatic carbocycles. The fourth-order valence-corrected chi connectivity index (χ4v) is 3.00. The third-order valence-electron chi connectivity index (χ3n) is 3.27. The van der Waals surface area contributed by atoms with Gasteiger partial charge in [0, 0.05) is 20.3 Å². The van der Waals surface area contributed by atoms with Gasteiger partial charge in [-0.1, -0.05) is 36.4 Å². The van der Waals surface area contributed by atoms with E-state index in [0.717, 1.165) is 16.8 Å². The van der Waals surface area contributed by atoms with Gasteiger partial charge in [0.05, 0.1) is 5.56 Å². The average Bonchev–Trinajstić information content (AvgIpc) is 2.47. The van der Waals surface area contributed by atoms with Crippen molar-refractivity contribution in [1.82, 2.24) is 0 Å². The van der Waals surface area contributed by atoms with Gasteiger partial charge in [0.25, 0.3) is 0 Å². The number of aromatic carboxylic acids is 1. The Labute approximate surface area is 135 Å². The minimum absolute atomic E-state index is 0.319. The van der Waals surface area contributed by atoms with E-state index in [1.165, 1.54) is 5.39 Å². The molecule has 0 unspecified atom stereocenters. The SMILES string of the molecule is O=C(O)c1ccc(Nc2cccc3ccccc23)cc1I. The van der Waals surface area contributed by atoms with Crippen LogP contribution in [0.25, 0.3) is 10.8 Å². The summed E-state index contributed by atoms with van der Waals surface area (Å²) in [5.41, 5.74) is 2.20. The van der Waals surface area contributed by atoms with Crippen molar-refractivity contribution in [2.24, 2.45) is 0 Å². The number of benzene rings is 3. The predicted molar refractivity (Wildman–Crippen MR) is 93.3 cm³/mol. The standard InChI is InChI=1S/C17H12INO2/c18-15-10-12(8-9-14(15)17(20)21)19-16-7-3-5-11-4-1-2-6-13(11)16/h1-10,19H,(H,20,21). The first kappa shape index (κ1) is 13.9. The van der Waals surface area contributed by atoms with Gasteiger partial charge in [-0.15, -0.1) is 0 Å². The maximum Gasteiger partial charge on any atom is 0.336 e. The van der Waals surface area contributed by atoms with Crippen molar-refractivity contribution in [3.8, 4) is 0 Å². The number of halogens is 1. The van der Waals surface area contributed by atoms with Crippen LogP contribution >= 0.6 is 22.6 Å². The lowest BCUT2D eigenvalue weighted by Crippen LogP contribution is -2.00. The molecule has 21 heavy (non-hydrogen) atoms. The third-order valence-corrected chi connectivity index (χ3v) is 4.16. The fraction of sp³-hybridized carbons (Fsp3) is 0. The Morgan fingerprint density at radius 1 is 1.00 bits per heavy atom. The highest BCUT2D eigenvalue weighted by atomic mass is 127. The molecule has 0 aliphatic carbocycles. The molecule has 0 heterocycles. The van der Waals surface area contributed by atoms with E-state index in [9.17, 15) is 4.79 Å². The van der Waals surface area contributed by atoms with Gasteiger partial charge in [-0.05, 0) is 52.2 Å². The minimum Gasteiger partial charge on any atom is -0.478 e. The molecule has 0 bridgehead atoms. The molecule has 104 valence electrons. The summed E-state index contributed by atoms with van der Waals surface area (Å²) in [6, 6.07) is 19.5. The summed E-state index contributed by atoms with van der Waals surface area (Å²) in [4.78, 5) is 11.0. The Balaban J connectivity index is 1.99. The molecule has 0 fully saturated rings. The van der Waals surface area contributed by atoms with Crippen LogP contribution in [0.5, 0.6) is 0 Å². The van der Waals surface area contributed by atoms with E-state index >= 15 is 0 Å². The topological polar surface area (TPSA) is 49.3 Å². The van der Waals surface area contributed by atoms with Crippen molar-refractivity contribution in [3.63, 3.8) is 0 Å². The molecular formula is C17H12INO2. The number of fused-ring (bicyclic) bond motifs is 1. The van der Waals surface area contributed by atoms with Crippen molar-refractivity contribution in [2.75, 3.05) is 5.32 Å². The van der Waals surface area contributed by atoms with Gasteiger partial charge >= 0.3 is 5.97 Å². The number of anilines is 2. The number of rotatable bonds is 3. The van der Waals surface area contributed by atoms with E-state index in [1.54, 1.807) is 12.1 Å². The first-order valence-corrected chi connectivity index (χ1v) is 7.50. The molecule has 0 saturated carbocycles. The molecule has 0 aliphatic rings. The van der Waals surface area contributed by atoms with Gasteiger partial charge in [-0.2, -0.15) is 0 Å². The average molecular weight is 389 g/mol. The summed E-state index contributed by atoms with van der Waals surface area (Å²) < 4.78 is 0.713. The number of carboxylic acids is 1. The van der Waals surface area contributed by atoms with Crippen LogP contribution in [0.3, 0.4) is 0 Å². The molecule has 3 aromatic rings. The summed E-state index contributed by atoms with van der Waals surface area (Å²) in [7, 11) is 0. The molecule has 0 amide bonds. The van der Waals surface area contributed by atoms with Crippen LogP contribution in [0.1, 0.15) is 10.4 Å². The summed E-state index contributed by atoms with van der Waals surface area (Å²) in [6.07, 6.45) is 0. The van der Waals surface area contributed by atoms with Gasteiger partial charge in [-0.25, -0.2) is 4.79 Å². The highest BCUT2D eigenvalue weighted by Gasteiger charge is 2.09. The molecule has 0 atom stereocenters. The van der Waals surface area contributed by atoms with Crippen LogP contribution in [0.2, 0.25) is 0 Å². The van der Waals surface area contributed by atoms with E-state index in [-0.39, 0.29) is 0 Å². The lowest BCUT2D eigenvalue weighted by molar-refractivity contribution is 0.0696. The van der Waals surface area contributed by atoms with Gasteiger partial charge in [-0.3, -0.25) is 0 Å². The van der Waals surface area contributed by atoms with Crippen molar-refractivity contribution in [1.29, 1.82) is 0 Å². The number of hydrogen-bond acceptors (Lipinski definition) is 2. The zero-order valence-corrected chi connectivity index (χ0v) is 13.2. The normalized spacial score (nSPS) is 10.5. The van der Waals surface area contributed by atoms with Crippen LogP contribution in [0.15, 0.2) is 60.7 Å². The third kappa shape index (κ3) is 2.85. The Bertz CT molecular complexity index is 825. The predicted octanol–water partition coefficient (Wildman–Crippen LogP) is 4.89. The van der Waals surface area contributed by atoms with E-state index < -0.39 is 5.97 Å². The van der Waals surface area contributed by atoms with Crippen LogP contribution in [0, 0.1) is 3.57 Å². The number of nitrogens with one attached hydrogen (secondary N) is 1. The van der Waals surface area contributed by atoms with E-state index in [4.69, 9.17) is 5.11 Å². The smallest absolute Gasteiger partial charge is 0.336 e. The van der Waals surface area contributed by atoms with Gasteiger partial charge in [0.1, 0.15) is 0 Å². The minimum atomic E-state index is -0.906. The second-order valence-corrected chi connectivity index (χ2v) is 5.81. The molecule has 0 aromatic heterocycles. The molecule has 0 spiro atoms. The first-order valence-electron chi connectivity index (χ1n) is 6.43. The molecule has 3 rings (SSSR count). The number of carbonyl (C=O) groups is 1. The van der Waals surface area contributed by atoms with E-state index in [2.05, 4.69) is 23.5 Å². The maximum absolute atomic E-state index is 11.0. The van der Waals surface area contributed by atoms with Crippen molar-refractivity contribution in [2.45, 2.75) is 0 Å². The molecule has 2 N–H and O–H groups in total. The quantitative estimate of drug-likeness (QED) is 0.628. The lowest BCUT2D eigenvalue weighted by atomic mass is 10.1. The monoisotopic (exact) mass is 389 g/mol. The molecule has 4 heteroatoms. The molecular weight excluding hydrogens is 377 g/mol. The van der Waals surface area contributed by atoms with Crippen molar-refractivity contribution < 1.29 is 9.90 Å². The molecule has 0 radical (unpaired) electrons. The highest BCUT2D eigenvalue weighted by Crippen LogP contribution is 2.27. The number of hydrogen-bond donors (Lipinski definition) is 2. The van der Waals surface area contributed by atoms with Crippen molar-refractivity contribution in [3.05, 3.63) is 69.8 Å². The Kier molecular flexibility index (Phi) is 3.79. The van der Waals surface area contributed by atoms with Crippen LogP contribution < -0.4 is 5.32 Å². The largest absolute Gasteiger partial charge is 0.478 e. The van der Waals surface area contributed by atoms with Crippen LogP contribution in [-0.4, -0.2) is 11.1 Å². The van der Waals surface area contributed by atoms with E-state index in [1.807, 2.05) is 52.9 Å². The zero-order chi connectivity index (χ0) is 14.8. The maximum atomic E-state index is 11.0. The fourth-order valence-electron chi connectivity index (χ4n) is 2.26.